The summed E-state index contributed by atoms with van der Waals surface area (Å²) >= 11 is 0. The van der Waals surface area contributed by atoms with Crippen molar-refractivity contribution in [1.82, 2.24) is 10.3 Å². The third kappa shape index (κ3) is 3.08. The molecule has 6 heteroatoms. The van der Waals surface area contributed by atoms with E-state index in [1.54, 1.807) is 13.0 Å². The maximum absolute atomic E-state index is 12.0. The number of rotatable bonds is 4. The summed E-state index contributed by atoms with van der Waals surface area (Å²) in [6.07, 6.45) is 3.05. The number of carboxylic acids is 1. The van der Waals surface area contributed by atoms with E-state index in [9.17, 15) is 9.59 Å². The molecular weight excluding hydrogens is 248 g/mol. The number of hydrogen-bond acceptors (Lipinski definition) is 4. The van der Waals surface area contributed by atoms with Crippen LogP contribution < -0.4 is 5.32 Å². The van der Waals surface area contributed by atoms with Crippen molar-refractivity contribution in [2.75, 3.05) is 6.61 Å². The van der Waals surface area contributed by atoms with E-state index in [0.29, 0.717) is 13.2 Å². The zero-order chi connectivity index (χ0) is 13.9. The molecule has 2 rings (SSSR count). The first-order chi connectivity index (χ1) is 9.01. The molecule has 0 aromatic carbocycles. The maximum Gasteiger partial charge on any atom is 0.354 e. The summed E-state index contributed by atoms with van der Waals surface area (Å²) in [7, 11) is 0. The lowest BCUT2D eigenvalue weighted by Gasteiger charge is -2.21. The van der Waals surface area contributed by atoms with Gasteiger partial charge in [-0.05, 0) is 31.4 Å². The largest absolute Gasteiger partial charge is 0.477 e. The number of amides is 1. The lowest BCUT2D eigenvalue weighted by molar-refractivity contribution is -0.139. The van der Waals surface area contributed by atoms with Crippen molar-refractivity contribution in [2.24, 2.45) is 0 Å². The van der Waals surface area contributed by atoms with Crippen molar-refractivity contribution in [2.45, 2.75) is 31.9 Å². The van der Waals surface area contributed by atoms with Gasteiger partial charge in [0.15, 0.2) is 0 Å². The first-order valence-corrected chi connectivity index (χ1v) is 6.12. The standard InChI is InChI=1S/C13H16N2O4/c1-13(5-2-6-19-13)12(18)15-8-9-3-4-10(11(16)17)14-7-9/h3-4,7H,2,5-6,8H2,1H3,(H,15,18)(H,16,17). The van der Waals surface area contributed by atoms with Crippen molar-refractivity contribution in [3.8, 4) is 0 Å². The number of nitrogens with zero attached hydrogens (tertiary/aromatic N) is 1. The predicted octanol–water partition coefficient (Wildman–Crippen LogP) is 0.965. The first-order valence-electron chi connectivity index (χ1n) is 6.12. The lowest BCUT2D eigenvalue weighted by Crippen LogP contribution is -2.43. The molecule has 0 saturated carbocycles. The summed E-state index contributed by atoms with van der Waals surface area (Å²) in [5, 5.41) is 11.5. The van der Waals surface area contributed by atoms with Crippen LogP contribution in [0.25, 0.3) is 0 Å². The van der Waals surface area contributed by atoms with Gasteiger partial charge in [-0.2, -0.15) is 0 Å². The third-order valence-electron chi connectivity index (χ3n) is 3.20. The summed E-state index contributed by atoms with van der Waals surface area (Å²) < 4.78 is 5.44. The quantitative estimate of drug-likeness (QED) is 0.845. The Balaban J connectivity index is 1.91. The van der Waals surface area contributed by atoms with Crippen molar-refractivity contribution in [3.05, 3.63) is 29.6 Å². The summed E-state index contributed by atoms with van der Waals surface area (Å²) in [6.45, 7) is 2.70. The van der Waals surface area contributed by atoms with E-state index in [1.807, 2.05) is 0 Å². The fraction of sp³-hybridized carbons (Fsp3) is 0.462. The normalized spacial score (nSPS) is 22.2. The van der Waals surface area contributed by atoms with Crippen LogP contribution in [0.5, 0.6) is 0 Å². The fourth-order valence-electron chi connectivity index (χ4n) is 1.98. The van der Waals surface area contributed by atoms with E-state index >= 15 is 0 Å². The highest BCUT2D eigenvalue weighted by Crippen LogP contribution is 2.25. The average Bonchev–Trinajstić information content (AvgIpc) is 2.84. The second-order valence-electron chi connectivity index (χ2n) is 4.72. The van der Waals surface area contributed by atoms with Crippen LogP contribution in [0, 0.1) is 0 Å². The Morgan fingerprint density at radius 2 is 2.32 bits per heavy atom. The van der Waals surface area contributed by atoms with Crippen LogP contribution in [0.3, 0.4) is 0 Å². The number of nitrogens with one attached hydrogen (secondary N) is 1. The number of carbonyl (C=O) groups excluding carboxylic acids is 1. The molecule has 1 amide bonds. The SMILES string of the molecule is CC1(C(=O)NCc2ccc(C(=O)O)nc2)CCCO1. The second-order valence-corrected chi connectivity index (χ2v) is 4.72. The van der Waals surface area contributed by atoms with Gasteiger partial charge in [-0.3, -0.25) is 4.79 Å². The van der Waals surface area contributed by atoms with Gasteiger partial charge in [0.2, 0.25) is 0 Å². The molecule has 0 aliphatic carbocycles. The number of pyridine rings is 1. The van der Waals surface area contributed by atoms with Gasteiger partial charge in [0, 0.05) is 19.3 Å². The van der Waals surface area contributed by atoms with Gasteiger partial charge in [0.1, 0.15) is 11.3 Å². The zero-order valence-electron chi connectivity index (χ0n) is 10.7. The minimum absolute atomic E-state index is 0.0128. The summed E-state index contributed by atoms with van der Waals surface area (Å²) in [4.78, 5) is 26.4. The molecule has 1 fully saturated rings. The number of carboxylic acid groups (broad SMARTS) is 1. The van der Waals surface area contributed by atoms with Gasteiger partial charge >= 0.3 is 5.97 Å². The van der Waals surface area contributed by atoms with Gasteiger partial charge in [0.25, 0.3) is 5.91 Å². The van der Waals surface area contributed by atoms with Crippen molar-refractivity contribution in [1.29, 1.82) is 0 Å². The van der Waals surface area contributed by atoms with Crippen LogP contribution >= 0.6 is 0 Å². The van der Waals surface area contributed by atoms with E-state index < -0.39 is 11.6 Å². The Morgan fingerprint density at radius 3 is 2.84 bits per heavy atom. The third-order valence-corrected chi connectivity index (χ3v) is 3.20. The monoisotopic (exact) mass is 264 g/mol. The van der Waals surface area contributed by atoms with E-state index in [2.05, 4.69) is 10.3 Å². The Morgan fingerprint density at radius 1 is 1.53 bits per heavy atom. The van der Waals surface area contributed by atoms with Crippen LogP contribution in [0.2, 0.25) is 0 Å². The van der Waals surface area contributed by atoms with E-state index in [-0.39, 0.29) is 11.6 Å². The molecule has 1 aromatic heterocycles. The zero-order valence-corrected chi connectivity index (χ0v) is 10.7. The van der Waals surface area contributed by atoms with E-state index in [0.717, 1.165) is 18.4 Å². The molecule has 1 atom stereocenters. The lowest BCUT2D eigenvalue weighted by atomic mass is 10.0. The van der Waals surface area contributed by atoms with E-state index in [4.69, 9.17) is 9.84 Å². The van der Waals surface area contributed by atoms with Crippen molar-refractivity contribution in [3.63, 3.8) is 0 Å². The smallest absolute Gasteiger partial charge is 0.354 e. The second kappa shape index (κ2) is 5.36. The van der Waals surface area contributed by atoms with Gasteiger partial charge in [-0.15, -0.1) is 0 Å². The van der Waals surface area contributed by atoms with Crippen LogP contribution in [0.4, 0.5) is 0 Å². The number of aromatic carboxylic acids is 1. The molecule has 2 heterocycles. The van der Waals surface area contributed by atoms with Crippen LogP contribution in [0.15, 0.2) is 18.3 Å². The number of carbonyl (C=O) groups is 2. The van der Waals surface area contributed by atoms with Crippen LogP contribution in [-0.2, 0) is 16.1 Å². The molecule has 102 valence electrons. The predicted molar refractivity (Wildman–Crippen MR) is 66.6 cm³/mol. The Kier molecular flexibility index (Phi) is 3.80. The highest BCUT2D eigenvalue weighted by atomic mass is 16.5. The molecule has 1 aliphatic rings. The number of aromatic nitrogens is 1. The molecule has 6 nitrogen and oxygen atoms in total. The van der Waals surface area contributed by atoms with Crippen LogP contribution in [-0.4, -0.2) is 34.2 Å². The average molecular weight is 264 g/mol. The number of hydrogen-bond donors (Lipinski definition) is 2. The van der Waals surface area contributed by atoms with Crippen molar-refractivity contribution >= 4 is 11.9 Å². The molecular formula is C13H16N2O4. The Labute approximate surface area is 110 Å². The maximum atomic E-state index is 12.0. The first kappa shape index (κ1) is 13.5. The minimum atomic E-state index is -1.07. The Bertz CT molecular complexity index is 478. The molecule has 1 saturated heterocycles. The summed E-state index contributed by atoms with van der Waals surface area (Å²) in [5.74, 6) is -1.21. The molecule has 0 bridgehead atoms. The minimum Gasteiger partial charge on any atom is -0.477 e. The molecule has 2 N–H and O–H groups in total. The van der Waals surface area contributed by atoms with E-state index in [1.165, 1.54) is 12.3 Å². The fourth-order valence-corrected chi connectivity index (χ4v) is 1.98. The highest BCUT2D eigenvalue weighted by Gasteiger charge is 2.37. The molecule has 1 aliphatic heterocycles. The Hall–Kier alpha value is -1.95. The van der Waals surface area contributed by atoms with Gasteiger partial charge < -0.3 is 15.2 Å². The highest BCUT2D eigenvalue weighted by molar-refractivity contribution is 5.85. The summed E-state index contributed by atoms with van der Waals surface area (Å²) in [6, 6.07) is 3.05. The number of ether oxygens (including phenoxy) is 1. The molecule has 19 heavy (non-hydrogen) atoms. The summed E-state index contributed by atoms with van der Waals surface area (Å²) in [5.41, 5.74) is -0.00449. The van der Waals surface area contributed by atoms with Crippen molar-refractivity contribution < 1.29 is 19.4 Å². The molecule has 1 unspecified atom stereocenters. The molecule has 0 spiro atoms. The van der Waals surface area contributed by atoms with Gasteiger partial charge in [-0.1, -0.05) is 6.07 Å². The van der Waals surface area contributed by atoms with Crippen LogP contribution in [0.1, 0.15) is 35.8 Å². The molecule has 1 aromatic rings. The van der Waals surface area contributed by atoms with Gasteiger partial charge in [-0.25, -0.2) is 9.78 Å². The molecule has 0 radical (unpaired) electrons. The van der Waals surface area contributed by atoms with Gasteiger partial charge in [0.05, 0.1) is 0 Å². The topological polar surface area (TPSA) is 88.5 Å².